The molecule has 0 saturated heterocycles. The lowest BCUT2D eigenvalue weighted by Crippen LogP contribution is -1.98. The summed E-state index contributed by atoms with van der Waals surface area (Å²) in [4.78, 5) is 10.9. The van der Waals surface area contributed by atoms with Crippen molar-refractivity contribution < 1.29 is 19.1 Å². The van der Waals surface area contributed by atoms with Gasteiger partial charge in [0, 0.05) is 11.6 Å². The van der Waals surface area contributed by atoms with Crippen LogP contribution < -0.4 is 4.74 Å². The van der Waals surface area contributed by atoms with Crippen molar-refractivity contribution in [2.45, 2.75) is 13.2 Å². The molecule has 2 heterocycles. The largest absolute Gasteiger partial charge is 0.488 e. The van der Waals surface area contributed by atoms with E-state index >= 15 is 0 Å². The number of carboxylic acid groups (broad SMARTS) is 1. The Kier molecular flexibility index (Phi) is 4.19. The van der Waals surface area contributed by atoms with Crippen molar-refractivity contribution in [1.29, 1.82) is 0 Å². The fraction of sp³-hybridized carbons (Fsp3) is 0.0952. The molecule has 2 aromatic heterocycles. The molecule has 0 aliphatic carbocycles. The number of carbonyl (C=O) groups is 1. The highest BCUT2D eigenvalue weighted by Crippen LogP contribution is 2.28. The van der Waals surface area contributed by atoms with Gasteiger partial charge in [0.15, 0.2) is 0 Å². The average Bonchev–Trinajstić information content (AvgIpc) is 3.29. The zero-order valence-electron chi connectivity index (χ0n) is 14.0. The van der Waals surface area contributed by atoms with Gasteiger partial charge in [-0.3, -0.25) is 0 Å². The molecule has 0 radical (unpaired) electrons. The van der Waals surface area contributed by atoms with Gasteiger partial charge in [-0.2, -0.15) is 0 Å². The van der Waals surface area contributed by atoms with Gasteiger partial charge < -0.3 is 18.8 Å². The first-order chi connectivity index (χ1) is 12.7. The third-order valence-corrected chi connectivity index (χ3v) is 4.21. The van der Waals surface area contributed by atoms with E-state index in [0.29, 0.717) is 18.9 Å². The normalized spacial score (nSPS) is 10.9. The second kappa shape index (κ2) is 6.80. The van der Waals surface area contributed by atoms with Crippen LogP contribution in [0.25, 0.3) is 10.9 Å². The second-order valence-corrected chi connectivity index (χ2v) is 5.98. The Bertz CT molecular complexity index is 1050. The average molecular weight is 347 g/mol. The van der Waals surface area contributed by atoms with E-state index in [0.717, 1.165) is 22.2 Å². The summed E-state index contributed by atoms with van der Waals surface area (Å²) in [6, 6.07) is 21.1. The number of fused-ring (bicyclic) bond motifs is 1. The van der Waals surface area contributed by atoms with E-state index in [9.17, 15) is 4.79 Å². The van der Waals surface area contributed by atoms with Gasteiger partial charge in [0.25, 0.3) is 0 Å². The van der Waals surface area contributed by atoms with Crippen LogP contribution in [0, 0.1) is 0 Å². The van der Waals surface area contributed by atoms with Crippen molar-refractivity contribution >= 4 is 16.9 Å². The fourth-order valence-corrected chi connectivity index (χ4v) is 2.94. The first kappa shape index (κ1) is 16.0. The molecule has 0 unspecified atom stereocenters. The first-order valence-corrected chi connectivity index (χ1v) is 8.27. The molecule has 0 aliphatic heterocycles. The molecular weight excluding hydrogens is 330 g/mol. The van der Waals surface area contributed by atoms with E-state index < -0.39 is 5.97 Å². The van der Waals surface area contributed by atoms with Gasteiger partial charge in [-0.1, -0.05) is 36.4 Å². The van der Waals surface area contributed by atoms with Crippen molar-refractivity contribution in [3.05, 3.63) is 90.0 Å². The minimum absolute atomic E-state index is 0.0525. The van der Waals surface area contributed by atoms with Crippen LogP contribution in [0.15, 0.2) is 77.3 Å². The van der Waals surface area contributed by atoms with Crippen LogP contribution in [-0.4, -0.2) is 15.6 Å². The van der Waals surface area contributed by atoms with Crippen LogP contribution in [0.2, 0.25) is 0 Å². The molecule has 0 fully saturated rings. The summed E-state index contributed by atoms with van der Waals surface area (Å²) in [6.45, 7) is 0.963. The third kappa shape index (κ3) is 3.19. The van der Waals surface area contributed by atoms with Gasteiger partial charge in [0.05, 0.1) is 12.1 Å². The molecule has 130 valence electrons. The number of benzene rings is 2. The van der Waals surface area contributed by atoms with Gasteiger partial charge in [-0.05, 0) is 35.9 Å². The summed E-state index contributed by atoms with van der Waals surface area (Å²) in [7, 11) is 0. The Labute approximate surface area is 150 Å². The Morgan fingerprint density at radius 3 is 2.62 bits per heavy atom. The topological polar surface area (TPSA) is 64.6 Å². The molecule has 0 bridgehead atoms. The Balaban J connectivity index is 1.57. The van der Waals surface area contributed by atoms with Gasteiger partial charge in [0.1, 0.15) is 18.1 Å². The van der Waals surface area contributed by atoms with Crippen LogP contribution in [0.1, 0.15) is 21.9 Å². The SMILES string of the molecule is O=C(O)c1ccc(Cn2ccc3c(OCc4ccccc4)cccc32)o1. The van der Waals surface area contributed by atoms with E-state index in [-0.39, 0.29) is 5.76 Å². The van der Waals surface area contributed by atoms with Gasteiger partial charge in [-0.15, -0.1) is 0 Å². The van der Waals surface area contributed by atoms with Crippen LogP contribution in [0.4, 0.5) is 0 Å². The predicted molar refractivity (Wildman–Crippen MR) is 97.5 cm³/mol. The van der Waals surface area contributed by atoms with Gasteiger partial charge in [-0.25, -0.2) is 4.79 Å². The van der Waals surface area contributed by atoms with Crippen molar-refractivity contribution in [1.82, 2.24) is 4.57 Å². The highest BCUT2D eigenvalue weighted by Gasteiger charge is 2.11. The number of hydrogen-bond acceptors (Lipinski definition) is 3. The summed E-state index contributed by atoms with van der Waals surface area (Å²) in [5.74, 6) is 0.292. The van der Waals surface area contributed by atoms with Gasteiger partial charge in [0.2, 0.25) is 5.76 Å². The molecule has 0 spiro atoms. The molecule has 0 atom stereocenters. The standard InChI is InChI=1S/C21H17NO4/c23-21(24)20-10-9-16(26-20)13-22-12-11-17-18(22)7-4-8-19(17)25-14-15-5-2-1-3-6-15/h1-12H,13-14H2,(H,23,24). The quantitative estimate of drug-likeness (QED) is 0.555. The third-order valence-electron chi connectivity index (χ3n) is 4.21. The van der Waals surface area contributed by atoms with E-state index in [1.165, 1.54) is 6.07 Å². The number of furan rings is 1. The van der Waals surface area contributed by atoms with Crippen molar-refractivity contribution in [2.75, 3.05) is 0 Å². The molecule has 26 heavy (non-hydrogen) atoms. The maximum absolute atomic E-state index is 10.9. The second-order valence-electron chi connectivity index (χ2n) is 5.98. The maximum atomic E-state index is 10.9. The van der Waals surface area contributed by atoms with Crippen LogP contribution >= 0.6 is 0 Å². The zero-order chi connectivity index (χ0) is 17.9. The molecule has 4 aromatic rings. The molecule has 5 nitrogen and oxygen atoms in total. The highest BCUT2D eigenvalue weighted by atomic mass is 16.5. The number of ether oxygens (including phenoxy) is 1. The molecule has 0 saturated carbocycles. The van der Waals surface area contributed by atoms with E-state index in [1.54, 1.807) is 6.07 Å². The lowest BCUT2D eigenvalue weighted by molar-refractivity contribution is 0.0660. The molecule has 0 aliphatic rings. The smallest absolute Gasteiger partial charge is 0.371 e. The minimum Gasteiger partial charge on any atom is -0.488 e. The summed E-state index contributed by atoms with van der Waals surface area (Å²) in [5, 5.41) is 9.98. The molecule has 2 aromatic carbocycles. The number of hydrogen-bond donors (Lipinski definition) is 1. The van der Waals surface area contributed by atoms with Crippen LogP contribution in [0.3, 0.4) is 0 Å². The number of aromatic carboxylic acids is 1. The summed E-state index contributed by atoms with van der Waals surface area (Å²) < 4.78 is 13.4. The lowest BCUT2D eigenvalue weighted by Gasteiger charge is -2.09. The number of nitrogens with zero attached hydrogens (tertiary/aromatic N) is 1. The van der Waals surface area contributed by atoms with Gasteiger partial charge >= 0.3 is 5.97 Å². The van der Waals surface area contributed by atoms with Crippen molar-refractivity contribution in [2.24, 2.45) is 0 Å². The molecular formula is C21H17NO4. The van der Waals surface area contributed by atoms with Crippen molar-refractivity contribution in [3.8, 4) is 5.75 Å². The summed E-state index contributed by atoms with van der Waals surface area (Å²) in [5.41, 5.74) is 2.12. The first-order valence-electron chi connectivity index (χ1n) is 8.27. The van der Waals surface area contributed by atoms with Crippen molar-refractivity contribution in [3.63, 3.8) is 0 Å². The molecule has 5 heteroatoms. The maximum Gasteiger partial charge on any atom is 0.371 e. The van der Waals surface area contributed by atoms with E-state index in [4.69, 9.17) is 14.3 Å². The highest BCUT2D eigenvalue weighted by molar-refractivity contribution is 5.86. The lowest BCUT2D eigenvalue weighted by atomic mass is 10.2. The van der Waals surface area contributed by atoms with E-state index in [1.807, 2.05) is 65.4 Å². The fourth-order valence-electron chi connectivity index (χ4n) is 2.94. The summed E-state index contributed by atoms with van der Waals surface area (Å²) in [6.07, 6.45) is 1.95. The zero-order valence-corrected chi connectivity index (χ0v) is 14.0. The Hall–Kier alpha value is -3.47. The number of carboxylic acids is 1. The molecule has 1 N–H and O–H groups in total. The number of rotatable bonds is 6. The van der Waals surface area contributed by atoms with Crippen LogP contribution in [0.5, 0.6) is 5.75 Å². The monoisotopic (exact) mass is 347 g/mol. The summed E-state index contributed by atoms with van der Waals surface area (Å²) >= 11 is 0. The Morgan fingerprint density at radius 2 is 1.85 bits per heavy atom. The predicted octanol–water partition coefficient (Wildman–Crippen LogP) is 4.56. The van der Waals surface area contributed by atoms with E-state index in [2.05, 4.69) is 0 Å². The number of aromatic nitrogens is 1. The molecule has 0 amide bonds. The minimum atomic E-state index is -1.06. The Morgan fingerprint density at radius 1 is 1.00 bits per heavy atom. The van der Waals surface area contributed by atoms with Crippen LogP contribution in [-0.2, 0) is 13.2 Å². The molecule has 4 rings (SSSR count).